The molecule has 2 aromatic rings. The van der Waals surface area contributed by atoms with E-state index in [0.717, 1.165) is 43.4 Å². The van der Waals surface area contributed by atoms with Crippen LogP contribution in [0, 0.1) is 0 Å². The lowest BCUT2D eigenvalue weighted by atomic mass is 10.1. The maximum absolute atomic E-state index is 11.9. The highest BCUT2D eigenvalue weighted by molar-refractivity contribution is 7.91. The first kappa shape index (κ1) is 22.1. The third-order valence-corrected chi connectivity index (χ3v) is 5.59. The first-order valence-corrected chi connectivity index (χ1v) is 11.0. The van der Waals surface area contributed by atoms with Gasteiger partial charge in [-0.2, -0.15) is 0 Å². The van der Waals surface area contributed by atoms with Gasteiger partial charge in [-0.05, 0) is 31.2 Å². The molecule has 1 heterocycles. The summed E-state index contributed by atoms with van der Waals surface area (Å²) in [6.07, 6.45) is 5.97. The van der Waals surface area contributed by atoms with Gasteiger partial charge in [0.1, 0.15) is 15.8 Å². The minimum atomic E-state index is -3.37. The lowest BCUT2D eigenvalue weighted by Crippen LogP contribution is -2.15. The number of nitrogens with zero attached hydrogens (tertiary/aromatic N) is 1. The summed E-state index contributed by atoms with van der Waals surface area (Å²) in [4.78, 5) is 16.1. The predicted octanol–water partition coefficient (Wildman–Crippen LogP) is 4.40. The minimum Gasteiger partial charge on any atom is -0.291 e. The molecule has 0 saturated carbocycles. The van der Waals surface area contributed by atoms with Crippen molar-refractivity contribution in [3.63, 3.8) is 0 Å². The second-order valence-electron chi connectivity index (χ2n) is 5.77. The van der Waals surface area contributed by atoms with Crippen LogP contribution in [-0.4, -0.2) is 31.2 Å². The summed E-state index contributed by atoms with van der Waals surface area (Å²) < 4.78 is 22.7. The van der Waals surface area contributed by atoms with E-state index in [1.165, 1.54) is 16.9 Å². The van der Waals surface area contributed by atoms with E-state index in [-0.39, 0.29) is 22.4 Å². The van der Waals surface area contributed by atoms with Crippen molar-refractivity contribution in [1.82, 2.24) is 4.98 Å². The Morgan fingerprint density at radius 1 is 1.12 bits per heavy atom. The summed E-state index contributed by atoms with van der Waals surface area (Å²) in [5.41, 5.74) is 1.43. The topological polar surface area (TPSA) is 64.1 Å². The molecule has 0 amide bonds. The van der Waals surface area contributed by atoms with Crippen LogP contribution in [-0.2, 0) is 22.7 Å². The molecule has 0 aliphatic rings. The van der Waals surface area contributed by atoms with Crippen LogP contribution in [0.3, 0.4) is 0 Å². The number of Topliss-reactive ketones (excluding diaryl/α,β-unsaturated/α-hetero) is 1. The fourth-order valence-electron chi connectivity index (χ4n) is 2.36. The number of benzene rings is 1. The molecule has 0 N–H and O–H groups in total. The van der Waals surface area contributed by atoms with Crippen molar-refractivity contribution in [2.75, 3.05) is 12.0 Å². The Balaban J connectivity index is 0.00000312. The van der Waals surface area contributed by atoms with Gasteiger partial charge in [0.15, 0.2) is 15.6 Å². The lowest BCUT2D eigenvalue weighted by Gasteiger charge is -2.00. The molecule has 0 unspecified atom stereocenters. The second kappa shape index (κ2) is 10.3. The Bertz CT molecular complexity index is 789. The van der Waals surface area contributed by atoms with Crippen LogP contribution in [0.15, 0.2) is 30.3 Å². The van der Waals surface area contributed by atoms with Crippen LogP contribution < -0.4 is 0 Å². The molecule has 0 aliphatic heterocycles. The number of unbranched alkanes of at least 4 members (excludes halogenated alkanes) is 2. The van der Waals surface area contributed by atoms with Gasteiger partial charge in [0.05, 0.1) is 5.01 Å². The van der Waals surface area contributed by atoms with E-state index in [2.05, 4.69) is 17.1 Å². The molecule has 1 aromatic heterocycles. The number of carbonyl (C=O) groups excluding carboxylic acids is 1. The summed E-state index contributed by atoms with van der Waals surface area (Å²) >= 11 is 7.29. The number of ketones is 1. The Kier molecular flexibility index (Phi) is 9.07. The molecule has 138 valence electrons. The van der Waals surface area contributed by atoms with Crippen molar-refractivity contribution < 1.29 is 13.2 Å². The molecule has 0 fully saturated rings. The smallest absolute Gasteiger partial charge is 0.198 e. The zero-order valence-electron chi connectivity index (χ0n) is 13.9. The van der Waals surface area contributed by atoms with Crippen molar-refractivity contribution in [3.05, 3.63) is 50.9 Å². The predicted molar refractivity (Wildman–Crippen MR) is 106 cm³/mol. The number of halogens is 2. The van der Waals surface area contributed by atoms with Crippen molar-refractivity contribution in [2.45, 2.75) is 32.1 Å². The van der Waals surface area contributed by atoms with Crippen LogP contribution >= 0.6 is 35.3 Å². The molecule has 25 heavy (non-hydrogen) atoms. The number of aromatic nitrogens is 1. The Labute approximate surface area is 164 Å². The number of sulfone groups is 1. The van der Waals surface area contributed by atoms with Crippen molar-refractivity contribution >= 4 is 51.0 Å². The molecule has 0 saturated heterocycles. The second-order valence-corrected chi connectivity index (χ2v) is 9.60. The third kappa shape index (κ3) is 7.86. The highest BCUT2D eigenvalue weighted by Gasteiger charge is 2.20. The zero-order chi connectivity index (χ0) is 17.6. The maximum atomic E-state index is 11.9. The SMILES string of the molecule is CS(=O)(=O)CC(=O)c1nc(CCCCCc2ccccc2)sc1Cl.Cl. The van der Waals surface area contributed by atoms with Gasteiger partial charge in [0.2, 0.25) is 0 Å². The molecule has 0 spiro atoms. The zero-order valence-corrected chi connectivity index (χ0v) is 17.1. The molecule has 0 bridgehead atoms. The van der Waals surface area contributed by atoms with Crippen molar-refractivity contribution in [2.24, 2.45) is 0 Å². The minimum absolute atomic E-state index is 0. The number of aryl methyl sites for hydroxylation is 2. The van der Waals surface area contributed by atoms with Crippen LogP contribution in [0.5, 0.6) is 0 Å². The number of hydrogen-bond donors (Lipinski definition) is 0. The van der Waals surface area contributed by atoms with E-state index in [1.54, 1.807) is 0 Å². The van der Waals surface area contributed by atoms with Crippen molar-refractivity contribution in [1.29, 1.82) is 0 Å². The molecule has 4 nitrogen and oxygen atoms in total. The van der Waals surface area contributed by atoms with E-state index in [1.807, 2.05) is 18.2 Å². The molecule has 8 heteroatoms. The Hall–Kier alpha value is -0.950. The number of carbonyl (C=O) groups is 1. The normalized spacial score (nSPS) is 11.1. The molecule has 2 rings (SSSR count). The summed E-state index contributed by atoms with van der Waals surface area (Å²) in [5.74, 6) is -1.08. The maximum Gasteiger partial charge on any atom is 0.198 e. The molecule has 0 aliphatic carbocycles. The van der Waals surface area contributed by atoms with E-state index in [4.69, 9.17) is 11.6 Å². The van der Waals surface area contributed by atoms with Gasteiger partial charge in [-0.15, -0.1) is 23.7 Å². The summed E-state index contributed by atoms with van der Waals surface area (Å²) in [6.45, 7) is 0. The summed E-state index contributed by atoms with van der Waals surface area (Å²) in [6, 6.07) is 10.3. The van der Waals surface area contributed by atoms with Gasteiger partial charge in [-0.3, -0.25) is 4.79 Å². The first-order valence-electron chi connectivity index (χ1n) is 7.75. The lowest BCUT2D eigenvalue weighted by molar-refractivity contribution is 0.101. The highest BCUT2D eigenvalue weighted by Crippen LogP contribution is 2.26. The van der Waals surface area contributed by atoms with Crippen molar-refractivity contribution in [3.8, 4) is 0 Å². The average molecular weight is 422 g/mol. The van der Waals surface area contributed by atoms with Crippen LogP contribution in [0.4, 0.5) is 0 Å². The highest BCUT2D eigenvalue weighted by atomic mass is 35.5. The first-order chi connectivity index (χ1) is 11.3. The largest absolute Gasteiger partial charge is 0.291 e. The van der Waals surface area contributed by atoms with Gasteiger partial charge in [0.25, 0.3) is 0 Å². The fourth-order valence-corrected chi connectivity index (χ4v) is 4.23. The molecule has 1 aromatic carbocycles. The van der Waals surface area contributed by atoms with E-state index >= 15 is 0 Å². The van der Waals surface area contributed by atoms with Crippen LogP contribution in [0.2, 0.25) is 4.34 Å². The number of rotatable bonds is 9. The molecule has 0 radical (unpaired) electrons. The Morgan fingerprint density at radius 2 is 1.76 bits per heavy atom. The van der Waals surface area contributed by atoms with E-state index < -0.39 is 21.4 Å². The molecular weight excluding hydrogens is 401 g/mol. The summed E-state index contributed by atoms with van der Waals surface area (Å²) in [7, 11) is -3.37. The average Bonchev–Trinajstić information content (AvgIpc) is 2.87. The number of thiazole rings is 1. The third-order valence-electron chi connectivity index (χ3n) is 3.49. The molecule has 0 atom stereocenters. The van der Waals surface area contributed by atoms with E-state index in [0.29, 0.717) is 0 Å². The van der Waals surface area contributed by atoms with E-state index in [9.17, 15) is 13.2 Å². The van der Waals surface area contributed by atoms with Gasteiger partial charge in [-0.25, -0.2) is 13.4 Å². The van der Waals surface area contributed by atoms with Gasteiger partial charge in [-0.1, -0.05) is 48.4 Å². The van der Waals surface area contributed by atoms with Gasteiger partial charge in [0, 0.05) is 6.26 Å². The monoisotopic (exact) mass is 421 g/mol. The fraction of sp³-hybridized carbons (Fsp3) is 0.412. The standard InChI is InChI=1S/C17H20ClNO3S2.ClH/c1-24(21,22)12-14(20)16-17(18)23-15(19-16)11-7-3-6-10-13-8-4-2-5-9-13;/h2,4-5,8-9H,3,6-7,10-12H2,1H3;1H. The summed E-state index contributed by atoms with van der Waals surface area (Å²) in [5, 5.41) is 0.788. The quantitative estimate of drug-likeness (QED) is 0.444. The number of hydrogen-bond acceptors (Lipinski definition) is 5. The van der Waals surface area contributed by atoms with Crippen LogP contribution in [0.1, 0.15) is 40.3 Å². The van der Waals surface area contributed by atoms with Gasteiger partial charge < -0.3 is 0 Å². The van der Waals surface area contributed by atoms with Gasteiger partial charge >= 0.3 is 0 Å². The Morgan fingerprint density at radius 3 is 2.40 bits per heavy atom. The molecular formula is C17H21Cl2NO3S2. The van der Waals surface area contributed by atoms with Crippen LogP contribution in [0.25, 0.3) is 0 Å².